The molecule has 0 unspecified atom stereocenters. The molecule has 0 radical (unpaired) electrons. The quantitative estimate of drug-likeness (QED) is 0.523. The molecular weight excluding hydrogens is 304 g/mol. The number of fused-ring (bicyclic) bond motifs is 2. The summed E-state index contributed by atoms with van der Waals surface area (Å²) in [6.07, 6.45) is 9.51. The van der Waals surface area contributed by atoms with Gasteiger partial charge in [0.25, 0.3) is 0 Å². The smallest absolute Gasteiger partial charge is 0.142 e. The van der Waals surface area contributed by atoms with E-state index in [0.717, 1.165) is 6.29 Å². The number of hydrogen-bond donors (Lipinski definition) is 0. The summed E-state index contributed by atoms with van der Waals surface area (Å²) < 4.78 is 0. The van der Waals surface area contributed by atoms with Gasteiger partial charge in [0.2, 0.25) is 0 Å². The van der Waals surface area contributed by atoms with Gasteiger partial charge in [-0.2, -0.15) is 0 Å². The van der Waals surface area contributed by atoms with Gasteiger partial charge in [-0.25, -0.2) is 0 Å². The number of carbonyl (C=O) groups is 1. The minimum atomic E-state index is 0.0864. The predicted molar refractivity (Wildman–Crippen MR) is 104 cm³/mol. The Kier molecular flexibility index (Phi) is 3.95. The Labute approximate surface area is 150 Å². The Morgan fingerprint density at radius 3 is 2.32 bits per heavy atom. The molecule has 0 aromatic heterocycles. The summed E-state index contributed by atoms with van der Waals surface area (Å²) in [7, 11) is 0. The molecule has 0 saturated heterocycles. The van der Waals surface area contributed by atoms with E-state index in [-0.39, 0.29) is 5.41 Å². The molecule has 1 heteroatoms. The Morgan fingerprint density at radius 1 is 0.960 bits per heavy atom. The first-order chi connectivity index (χ1) is 12.2. The van der Waals surface area contributed by atoms with Crippen LogP contribution in [0.4, 0.5) is 0 Å². The topological polar surface area (TPSA) is 17.1 Å². The zero-order valence-electron chi connectivity index (χ0n) is 15.0. The van der Waals surface area contributed by atoms with Crippen LogP contribution in [-0.4, -0.2) is 6.29 Å². The molecule has 126 valence electrons. The second-order valence-electron chi connectivity index (χ2n) is 7.50. The van der Waals surface area contributed by atoms with Gasteiger partial charge >= 0.3 is 0 Å². The van der Waals surface area contributed by atoms with Crippen LogP contribution in [0.1, 0.15) is 53.5 Å². The number of aryl methyl sites for hydroxylation is 2. The van der Waals surface area contributed by atoms with E-state index in [2.05, 4.69) is 62.4 Å². The Bertz CT molecular complexity index is 872. The van der Waals surface area contributed by atoms with Crippen molar-refractivity contribution in [3.05, 3.63) is 88.0 Å². The van der Waals surface area contributed by atoms with Gasteiger partial charge < -0.3 is 0 Å². The van der Waals surface area contributed by atoms with Crippen molar-refractivity contribution >= 4 is 11.9 Å². The maximum Gasteiger partial charge on any atom is 0.142 e. The maximum atomic E-state index is 11.1. The highest BCUT2D eigenvalue weighted by atomic mass is 16.1. The molecule has 1 saturated carbocycles. The van der Waals surface area contributed by atoms with Crippen molar-refractivity contribution in [2.75, 3.05) is 0 Å². The van der Waals surface area contributed by atoms with Crippen LogP contribution in [0.5, 0.6) is 0 Å². The van der Waals surface area contributed by atoms with E-state index in [4.69, 9.17) is 0 Å². The summed E-state index contributed by atoms with van der Waals surface area (Å²) in [6, 6.07) is 15.6. The highest BCUT2D eigenvalue weighted by Crippen LogP contribution is 2.57. The lowest BCUT2D eigenvalue weighted by Crippen LogP contribution is -2.21. The zero-order chi connectivity index (χ0) is 17.4. The molecule has 1 fully saturated rings. The molecule has 0 aliphatic heterocycles. The van der Waals surface area contributed by atoms with Crippen LogP contribution in [0.2, 0.25) is 0 Å². The van der Waals surface area contributed by atoms with E-state index >= 15 is 0 Å². The third-order valence-electron chi connectivity index (χ3n) is 5.81. The molecular formula is C24H24O. The summed E-state index contributed by atoms with van der Waals surface area (Å²) in [6.45, 7) is 4.31. The average molecular weight is 328 g/mol. The van der Waals surface area contributed by atoms with Gasteiger partial charge in [-0.15, -0.1) is 0 Å². The molecule has 0 bridgehead atoms. The molecule has 25 heavy (non-hydrogen) atoms. The van der Waals surface area contributed by atoms with Crippen LogP contribution < -0.4 is 0 Å². The molecule has 0 atom stereocenters. The first-order valence-electron chi connectivity index (χ1n) is 9.21. The number of benzene rings is 2. The Hall–Kier alpha value is -2.41. The van der Waals surface area contributed by atoms with E-state index in [1.54, 1.807) is 6.08 Å². The largest absolute Gasteiger partial charge is 0.299 e. The van der Waals surface area contributed by atoms with Crippen molar-refractivity contribution in [3.63, 3.8) is 0 Å². The molecule has 1 nitrogen and oxygen atoms in total. The first kappa shape index (κ1) is 16.1. The summed E-state index contributed by atoms with van der Waals surface area (Å²) in [5.41, 5.74) is 9.39. The van der Waals surface area contributed by atoms with Crippen molar-refractivity contribution < 1.29 is 4.79 Å². The van der Waals surface area contributed by atoms with E-state index in [9.17, 15) is 4.79 Å². The molecule has 0 heterocycles. The van der Waals surface area contributed by atoms with E-state index in [1.807, 2.05) is 0 Å². The van der Waals surface area contributed by atoms with E-state index in [0.29, 0.717) is 0 Å². The van der Waals surface area contributed by atoms with Crippen molar-refractivity contribution in [1.29, 1.82) is 0 Å². The number of carbonyl (C=O) groups excluding carboxylic acids is 1. The lowest BCUT2D eigenvalue weighted by molar-refractivity contribution is -0.104. The van der Waals surface area contributed by atoms with Gasteiger partial charge in [0.1, 0.15) is 6.29 Å². The van der Waals surface area contributed by atoms with Crippen LogP contribution in [0.25, 0.3) is 5.57 Å². The minimum Gasteiger partial charge on any atom is -0.299 e. The monoisotopic (exact) mass is 328 g/mol. The van der Waals surface area contributed by atoms with Gasteiger partial charge in [-0.1, -0.05) is 72.5 Å². The second-order valence-corrected chi connectivity index (χ2v) is 7.50. The van der Waals surface area contributed by atoms with Crippen molar-refractivity contribution in [1.82, 2.24) is 0 Å². The van der Waals surface area contributed by atoms with Gasteiger partial charge in [0.15, 0.2) is 0 Å². The number of hydrogen-bond acceptors (Lipinski definition) is 1. The zero-order valence-corrected chi connectivity index (χ0v) is 15.0. The summed E-state index contributed by atoms with van der Waals surface area (Å²) in [5.74, 6) is 0. The summed E-state index contributed by atoms with van der Waals surface area (Å²) in [4.78, 5) is 11.1. The third kappa shape index (κ3) is 2.50. The van der Waals surface area contributed by atoms with E-state index < -0.39 is 0 Å². The normalized spacial score (nSPS) is 18.3. The maximum absolute atomic E-state index is 11.1. The first-order valence-corrected chi connectivity index (χ1v) is 9.21. The van der Waals surface area contributed by atoms with Crippen molar-refractivity contribution in [2.45, 2.75) is 44.9 Å². The van der Waals surface area contributed by atoms with Gasteiger partial charge in [0.05, 0.1) is 0 Å². The van der Waals surface area contributed by atoms with Gasteiger partial charge in [-0.05, 0) is 60.6 Å². The van der Waals surface area contributed by atoms with Crippen LogP contribution in [0.3, 0.4) is 0 Å². The van der Waals surface area contributed by atoms with Gasteiger partial charge in [-0.3, -0.25) is 4.79 Å². The van der Waals surface area contributed by atoms with Crippen LogP contribution in [0, 0.1) is 13.8 Å². The van der Waals surface area contributed by atoms with Gasteiger partial charge in [0, 0.05) is 5.41 Å². The minimum absolute atomic E-state index is 0.0864. The molecule has 0 N–H and O–H groups in total. The number of rotatable bonds is 3. The van der Waals surface area contributed by atoms with Crippen LogP contribution in [0.15, 0.2) is 60.2 Å². The Morgan fingerprint density at radius 2 is 1.64 bits per heavy atom. The van der Waals surface area contributed by atoms with Crippen LogP contribution in [-0.2, 0) is 10.2 Å². The number of allylic oxidation sites excluding steroid dienone is 3. The standard InChI is InChI=1S/C24H24O/c1-17-14-18(2)16-19(15-17)23-20-8-3-4-9-21(20)24(11-5-6-12-24)22(23)10-7-13-25/h3-4,7-10,13-16H,5-6,11-12H2,1-2H3/b10-7+. The summed E-state index contributed by atoms with van der Waals surface area (Å²) >= 11 is 0. The fraction of sp³-hybridized carbons (Fsp3) is 0.292. The SMILES string of the molecule is Cc1cc(C)cc(C2=C(/C=C/C=O)C3(CCCC3)c3ccccc32)c1. The average Bonchev–Trinajstić information content (AvgIpc) is 3.17. The third-order valence-corrected chi connectivity index (χ3v) is 5.81. The highest BCUT2D eigenvalue weighted by molar-refractivity contribution is 5.92. The van der Waals surface area contributed by atoms with Crippen LogP contribution >= 0.6 is 0 Å². The Balaban J connectivity index is 2.05. The number of aldehydes is 1. The summed E-state index contributed by atoms with van der Waals surface area (Å²) in [5, 5.41) is 0. The van der Waals surface area contributed by atoms with Crippen molar-refractivity contribution in [3.8, 4) is 0 Å². The lowest BCUT2D eigenvalue weighted by Gasteiger charge is -2.27. The second kappa shape index (κ2) is 6.15. The van der Waals surface area contributed by atoms with E-state index in [1.165, 1.54) is 64.6 Å². The molecule has 2 aromatic rings. The van der Waals surface area contributed by atoms with Crippen molar-refractivity contribution in [2.24, 2.45) is 0 Å². The molecule has 2 aromatic carbocycles. The highest BCUT2D eigenvalue weighted by Gasteiger charge is 2.45. The fourth-order valence-electron chi connectivity index (χ4n) is 4.97. The molecule has 1 spiro atoms. The molecule has 0 amide bonds. The predicted octanol–water partition coefficient (Wildman–Crippen LogP) is 5.69. The molecule has 2 aliphatic rings. The molecule has 4 rings (SSSR count). The molecule has 2 aliphatic carbocycles. The fourth-order valence-corrected chi connectivity index (χ4v) is 4.97. The lowest BCUT2D eigenvalue weighted by atomic mass is 9.75.